The van der Waals surface area contributed by atoms with E-state index in [0.717, 1.165) is 15.1 Å². The van der Waals surface area contributed by atoms with Gasteiger partial charge in [0.1, 0.15) is 18.1 Å². The third kappa shape index (κ3) is 5.53. The number of carbonyl (C=O) groups excluding carboxylic acids is 1. The van der Waals surface area contributed by atoms with Crippen molar-refractivity contribution in [3.8, 4) is 11.5 Å². The van der Waals surface area contributed by atoms with Crippen molar-refractivity contribution in [3.05, 3.63) is 66.7 Å². The minimum absolute atomic E-state index is 0.192. The van der Waals surface area contributed by atoms with Crippen LogP contribution in [0.15, 0.2) is 71.6 Å². The maximum absolute atomic E-state index is 12.4. The number of hydrogen-bond donors (Lipinski definition) is 1. The molecule has 0 heterocycles. The molecule has 3 aromatic rings. The highest BCUT2D eigenvalue weighted by atomic mass is 32.2. The standard InChI is InChI=1S/C23H26N2O5S/c1-17(30-22-10-6-8-18-7-4-5-9-21(18)22)23(26)24-15-16-29-19-11-13-20(14-12-19)31(27,28)25(2)3/h4-14,17H,15-16H2,1-3H3,(H,24,26). The fourth-order valence-electron chi connectivity index (χ4n) is 2.95. The van der Waals surface area contributed by atoms with Crippen LogP contribution in [0.5, 0.6) is 11.5 Å². The third-order valence-electron chi connectivity index (χ3n) is 4.69. The Bertz CT molecular complexity index is 1140. The predicted octanol–water partition coefficient (Wildman–Crippen LogP) is 3.05. The number of rotatable bonds is 9. The van der Waals surface area contributed by atoms with E-state index in [4.69, 9.17) is 9.47 Å². The molecule has 1 N–H and O–H groups in total. The van der Waals surface area contributed by atoms with Gasteiger partial charge in [0, 0.05) is 19.5 Å². The molecule has 0 saturated heterocycles. The monoisotopic (exact) mass is 442 g/mol. The van der Waals surface area contributed by atoms with Crippen LogP contribution in [0.3, 0.4) is 0 Å². The Labute approximate surface area is 182 Å². The molecule has 0 spiro atoms. The van der Waals surface area contributed by atoms with Gasteiger partial charge < -0.3 is 14.8 Å². The lowest BCUT2D eigenvalue weighted by molar-refractivity contribution is -0.127. The van der Waals surface area contributed by atoms with E-state index in [1.807, 2.05) is 42.5 Å². The SMILES string of the molecule is CC(Oc1cccc2ccccc12)C(=O)NCCOc1ccc(S(=O)(=O)N(C)C)cc1. The molecule has 0 aliphatic carbocycles. The molecule has 0 bridgehead atoms. The lowest BCUT2D eigenvalue weighted by Crippen LogP contribution is -2.38. The molecule has 3 rings (SSSR count). The van der Waals surface area contributed by atoms with Crippen molar-refractivity contribution in [2.75, 3.05) is 27.2 Å². The van der Waals surface area contributed by atoms with Crippen LogP contribution in [-0.4, -0.2) is 52.0 Å². The van der Waals surface area contributed by atoms with E-state index in [1.165, 1.54) is 26.2 Å². The Morgan fingerprint density at radius 1 is 1.00 bits per heavy atom. The zero-order chi connectivity index (χ0) is 22.4. The average Bonchev–Trinajstić information content (AvgIpc) is 2.77. The number of benzene rings is 3. The summed E-state index contributed by atoms with van der Waals surface area (Å²) in [5.41, 5.74) is 0. The van der Waals surface area contributed by atoms with Crippen molar-refractivity contribution in [1.29, 1.82) is 0 Å². The number of nitrogens with zero attached hydrogens (tertiary/aromatic N) is 1. The first kappa shape index (κ1) is 22.6. The molecule has 1 unspecified atom stereocenters. The summed E-state index contributed by atoms with van der Waals surface area (Å²) in [5.74, 6) is 0.931. The molecule has 3 aromatic carbocycles. The van der Waals surface area contributed by atoms with E-state index in [1.54, 1.807) is 19.1 Å². The van der Waals surface area contributed by atoms with Gasteiger partial charge in [0.2, 0.25) is 10.0 Å². The van der Waals surface area contributed by atoms with Gasteiger partial charge >= 0.3 is 0 Å². The first-order chi connectivity index (χ1) is 14.8. The summed E-state index contributed by atoms with van der Waals surface area (Å²) in [7, 11) is -0.513. The summed E-state index contributed by atoms with van der Waals surface area (Å²) in [6, 6.07) is 19.7. The van der Waals surface area contributed by atoms with Crippen LogP contribution in [-0.2, 0) is 14.8 Å². The van der Waals surface area contributed by atoms with Crippen molar-refractivity contribution in [3.63, 3.8) is 0 Å². The van der Waals surface area contributed by atoms with Gasteiger partial charge in [-0.05, 0) is 42.6 Å². The van der Waals surface area contributed by atoms with Gasteiger partial charge in [0.25, 0.3) is 5.91 Å². The largest absolute Gasteiger partial charge is 0.492 e. The van der Waals surface area contributed by atoms with Crippen LogP contribution >= 0.6 is 0 Å². The average molecular weight is 443 g/mol. The Kier molecular flexibility index (Phi) is 7.14. The number of carbonyl (C=O) groups is 1. The van der Waals surface area contributed by atoms with E-state index in [2.05, 4.69) is 5.32 Å². The van der Waals surface area contributed by atoms with E-state index in [0.29, 0.717) is 18.0 Å². The molecule has 0 aliphatic rings. The normalized spacial score (nSPS) is 12.5. The van der Waals surface area contributed by atoms with E-state index >= 15 is 0 Å². The van der Waals surface area contributed by atoms with Crippen molar-refractivity contribution in [2.45, 2.75) is 17.9 Å². The zero-order valence-electron chi connectivity index (χ0n) is 17.7. The van der Waals surface area contributed by atoms with Crippen molar-refractivity contribution < 1.29 is 22.7 Å². The molecule has 0 fully saturated rings. The zero-order valence-corrected chi connectivity index (χ0v) is 18.6. The minimum Gasteiger partial charge on any atom is -0.492 e. The highest BCUT2D eigenvalue weighted by Gasteiger charge is 2.17. The second kappa shape index (κ2) is 9.80. The Balaban J connectivity index is 1.48. The van der Waals surface area contributed by atoms with Crippen LogP contribution in [0, 0.1) is 0 Å². The highest BCUT2D eigenvalue weighted by Crippen LogP contribution is 2.26. The van der Waals surface area contributed by atoms with Gasteiger partial charge in [-0.1, -0.05) is 36.4 Å². The lowest BCUT2D eigenvalue weighted by atomic mass is 10.1. The first-order valence-corrected chi connectivity index (χ1v) is 11.3. The van der Waals surface area contributed by atoms with Gasteiger partial charge in [0.15, 0.2) is 6.10 Å². The number of fused-ring (bicyclic) bond motifs is 1. The smallest absolute Gasteiger partial charge is 0.260 e. The quantitative estimate of drug-likeness (QED) is 0.515. The molecule has 0 saturated carbocycles. The summed E-state index contributed by atoms with van der Waals surface area (Å²) >= 11 is 0. The van der Waals surface area contributed by atoms with Gasteiger partial charge in [0.05, 0.1) is 11.4 Å². The van der Waals surface area contributed by atoms with Crippen molar-refractivity contribution >= 4 is 26.7 Å². The Hall–Kier alpha value is -3.10. The molecule has 1 amide bonds. The molecule has 31 heavy (non-hydrogen) atoms. The van der Waals surface area contributed by atoms with Gasteiger partial charge in [-0.3, -0.25) is 4.79 Å². The number of amides is 1. The second-order valence-electron chi connectivity index (χ2n) is 7.14. The van der Waals surface area contributed by atoms with Crippen LogP contribution < -0.4 is 14.8 Å². The fourth-order valence-corrected chi connectivity index (χ4v) is 3.85. The van der Waals surface area contributed by atoms with Crippen LogP contribution in [0.25, 0.3) is 10.8 Å². The number of sulfonamides is 1. The molecular formula is C23H26N2O5S. The summed E-state index contributed by atoms with van der Waals surface area (Å²) in [4.78, 5) is 12.5. The maximum atomic E-state index is 12.4. The molecular weight excluding hydrogens is 416 g/mol. The molecule has 7 nitrogen and oxygen atoms in total. The molecule has 0 radical (unpaired) electrons. The number of ether oxygens (including phenoxy) is 2. The van der Waals surface area contributed by atoms with E-state index in [9.17, 15) is 13.2 Å². The summed E-state index contributed by atoms with van der Waals surface area (Å²) < 4.78 is 36.7. The predicted molar refractivity (Wildman–Crippen MR) is 120 cm³/mol. The van der Waals surface area contributed by atoms with Gasteiger partial charge in [-0.15, -0.1) is 0 Å². The van der Waals surface area contributed by atoms with Crippen LogP contribution in [0.2, 0.25) is 0 Å². The summed E-state index contributed by atoms with van der Waals surface area (Å²) in [6.07, 6.45) is -0.665. The minimum atomic E-state index is -3.47. The first-order valence-electron chi connectivity index (χ1n) is 9.86. The second-order valence-corrected chi connectivity index (χ2v) is 9.29. The topological polar surface area (TPSA) is 84.9 Å². The highest BCUT2D eigenvalue weighted by molar-refractivity contribution is 7.89. The maximum Gasteiger partial charge on any atom is 0.260 e. The Morgan fingerprint density at radius 3 is 2.39 bits per heavy atom. The summed E-state index contributed by atoms with van der Waals surface area (Å²) in [5, 5.41) is 4.78. The molecule has 0 aromatic heterocycles. The van der Waals surface area contributed by atoms with Gasteiger partial charge in [-0.25, -0.2) is 12.7 Å². The number of nitrogens with one attached hydrogen (secondary N) is 1. The molecule has 1 atom stereocenters. The number of hydrogen-bond acceptors (Lipinski definition) is 5. The summed E-state index contributed by atoms with van der Waals surface area (Å²) in [6.45, 7) is 2.23. The van der Waals surface area contributed by atoms with Crippen LogP contribution in [0.1, 0.15) is 6.92 Å². The van der Waals surface area contributed by atoms with Gasteiger partial charge in [-0.2, -0.15) is 0 Å². The fraction of sp³-hybridized carbons (Fsp3) is 0.261. The van der Waals surface area contributed by atoms with E-state index in [-0.39, 0.29) is 17.4 Å². The Morgan fingerprint density at radius 2 is 1.68 bits per heavy atom. The lowest BCUT2D eigenvalue weighted by Gasteiger charge is -2.16. The van der Waals surface area contributed by atoms with Crippen LogP contribution in [0.4, 0.5) is 0 Å². The molecule has 8 heteroatoms. The van der Waals surface area contributed by atoms with Crippen molar-refractivity contribution in [2.24, 2.45) is 0 Å². The van der Waals surface area contributed by atoms with E-state index < -0.39 is 16.1 Å². The molecule has 164 valence electrons. The van der Waals surface area contributed by atoms with Crippen molar-refractivity contribution in [1.82, 2.24) is 9.62 Å². The molecule has 0 aliphatic heterocycles. The third-order valence-corrected chi connectivity index (χ3v) is 6.52.